The fraction of sp³-hybridized carbons (Fsp3) is 0.476. The zero-order valence-corrected chi connectivity index (χ0v) is 16.7. The quantitative estimate of drug-likeness (QED) is 0.687. The Labute approximate surface area is 163 Å². The van der Waals surface area contributed by atoms with E-state index in [9.17, 15) is 10.1 Å². The summed E-state index contributed by atoms with van der Waals surface area (Å²) in [6, 6.07) is 7.96. The molecule has 0 saturated heterocycles. The van der Waals surface area contributed by atoms with Crippen molar-refractivity contribution in [1.29, 1.82) is 5.26 Å². The molecule has 2 aliphatic rings. The Morgan fingerprint density at radius 2 is 2.19 bits per heavy atom. The van der Waals surface area contributed by atoms with Crippen molar-refractivity contribution in [1.82, 2.24) is 9.88 Å². The Bertz CT molecular complexity index is 926. The summed E-state index contributed by atoms with van der Waals surface area (Å²) in [5.41, 5.74) is 1.75. The molecule has 2 heterocycles. The number of aromatic nitrogens is 1. The van der Waals surface area contributed by atoms with Gasteiger partial charge in [-0.1, -0.05) is 6.92 Å². The second-order valence-corrected chi connectivity index (χ2v) is 8.44. The maximum atomic E-state index is 13.1. The molecule has 140 valence electrons. The number of nitriles is 1. The van der Waals surface area contributed by atoms with E-state index in [-0.39, 0.29) is 5.91 Å². The van der Waals surface area contributed by atoms with Crippen LogP contribution in [0.3, 0.4) is 0 Å². The number of hydrogen-bond acceptors (Lipinski definition) is 5. The van der Waals surface area contributed by atoms with E-state index >= 15 is 0 Å². The maximum absolute atomic E-state index is 13.1. The van der Waals surface area contributed by atoms with E-state index in [1.54, 1.807) is 11.9 Å². The molecular weight excluding hydrogens is 358 g/mol. The highest BCUT2D eigenvalue weighted by atomic mass is 32.2. The highest BCUT2D eigenvalue weighted by Crippen LogP contribution is 2.47. The summed E-state index contributed by atoms with van der Waals surface area (Å²) in [5.74, 6) is 3.26. The zero-order chi connectivity index (χ0) is 19.1. The van der Waals surface area contributed by atoms with Gasteiger partial charge in [-0.25, -0.2) is 4.98 Å². The molecular formula is C21H23N3O2S. The number of nitrogens with zero attached hydrogens (tertiary/aromatic N) is 3. The Morgan fingerprint density at radius 3 is 2.78 bits per heavy atom. The van der Waals surface area contributed by atoms with Crippen LogP contribution in [0.4, 0.5) is 0 Å². The third kappa shape index (κ3) is 3.61. The topological polar surface area (TPSA) is 70.1 Å². The van der Waals surface area contributed by atoms with Gasteiger partial charge in [0.15, 0.2) is 0 Å². The van der Waals surface area contributed by atoms with Crippen molar-refractivity contribution in [3.05, 3.63) is 46.5 Å². The van der Waals surface area contributed by atoms with Gasteiger partial charge < -0.3 is 9.32 Å². The van der Waals surface area contributed by atoms with Crippen LogP contribution in [-0.4, -0.2) is 29.1 Å². The lowest BCUT2D eigenvalue weighted by atomic mass is 10.1. The predicted molar refractivity (Wildman–Crippen MR) is 104 cm³/mol. The standard InChI is InChI=1S/C21H23N3O2S/c1-12-8-15(12)19-7-6-14(26-19)11-24(2)21(25)16-9-18(13-4-5-13)23-20(27-3)17(16)10-22/h6-7,9,12-13,15H,4-5,8,11H2,1-3H3/t12-,15-/m0/s1. The first-order valence-electron chi connectivity index (χ1n) is 9.35. The van der Waals surface area contributed by atoms with Gasteiger partial charge in [-0.15, -0.1) is 11.8 Å². The average molecular weight is 382 g/mol. The van der Waals surface area contributed by atoms with Crippen molar-refractivity contribution >= 4 is 17.7 Å². The molecule has 27 heavy (non-hydrogen) atoms. The number of thioether (sulfide) groups is 1. The van der Waals surface area contributed by atoms with Crippen LogP contribution in [0, 0.1) is 17.2 Å². The predicted octanol–water partition coefficient (Wildman–Crippen LogP) is 4.54. The number of rotatable bonds is 6. The first-order chi connectivity index (χ1) is 13.0. The first-order valence-corrected chi connectivity index (χ1v) is 10.6. The lowest BCUT2D eigenvalue weighted by Crippen LogP contribution is -2.27. The fourth-order valence-corrected chi connectivity index (χ4v) is 4.02. The van der Waals surface area contributed by atoms with E-state index in [0.717, 1.165) is 30.1 Å². The van der Waals surface area contributed by atoms with Crippen LogP contribution in [0.25, 0.3) is 0 Å². The minimum absolute atomic E-state index is 0.163. The number of hydrogen-bond donors (Lipinski definition) is 0. The van der Waals surface area contributed by atoms with Crippen LogP contribution < -0.4 is 0 Å². The molecule has 2 saturated carbocycles. The van der Waals surface area contributed by atoms with E-state index in [2.05, 4.69) is 18.0 Å². The minimum atomic E-state index is -0.163. The van der Waals surface area contributed by atoms with Crippen LogP contribution in [0.15, 0.2) is 27.6 Å². The normalized spacial score (nSPS) is 21.0. The summed E-state index contributed by atoms with van der Waals surface area (Å²) >= 11 is 1.42. The van der Waals surface area contributed by atoms with Crippen molar-refractivity contribution in [2.45, 2.75) is 49.6 Å². The molecule has 0 aliphatic heterocycles. The lowest BCUT2D eigenvalue weighted by Gasteiger charge is -2.18. The Hall–Kier alpha value is -2.26. The Kier molecular flexibility index (Phi) is 4.73. The molecule has 2 fully saturated rings. The molecule has 2 aliphatic carbocycles. The van der Waals surface area contributed by atoms with Crippen LogP contribution in [0.1, 0.15) is 71.2 Å². The van der Waals surface area contributed by atoms with Crippen molar-refractivity contribution in [3.63, 3.8) is 0 Å². The van der Waals surface area contributed by atoms with Crippen molar-refractivity contribution in [2.24, 2.45) is 5.92 Å². The minimum Gasteiger partial charge on any atom is -0.464 e. The monoisotopic (exact) mass is 381 g/mol. The Morgan fingerprint density at radius 1 is 1.44 bits per heavy atom. The zero-order valence-electron chi connectivity index (χ0n) is 15.9. The van der Waals surface area contributed by atoms with Gasteiger partial charge in [0.05, 0.1) is 17.7 Å². The number of carbonyl (C=O) groups excluding carboxylic acids is 1. The first kappa shape index (κ1) is 18.1. The van der Waals surface area contributed by atoms with Gasteiger partial charge in [-0.05, 0) is 49.6 Å². The molecule has 1 amide bonds. The molecule has 0 bridgehead atoms. The van der Waals surface area contributed by atoms with Crippen LogP contribution in [0.2, 0.25) is 0 Å². The maximum Gasteiger partial charge on any atom is 0.255 e. The van der Waals surface area contributed by atoms with Gasteiger partial charge in [-0.2, -0.15) is 5.26 Å². The van der Waals surface area contributed by atoms with Gasteiger partial charge in [0.2, 0.25) is 0 Å². The highest BCUT2D eigenvalue weighted by molar-refractivity contribution is 7.98. The summed E-state index contributed by atoms with van der Waals surface area (Å²) in [4.78, 5) is 19.3. The molecule has 0 N–H and O–H groups in total. The summed E-state index contributed by atoms with van der Waals surface area (Å²) in [7, 11) is 1.75. The van der Waals surface area contributed by atoms with E-state index in [1.165, 1.54) is 18.2 Å². The fourth-order valence-electron chi connectivity index (χ4n) is 3.46. The molecule has 5 nitrogen and oxygen atoms in total. The van der Waals surface area contributed by atoms with Crippen LogP contribution in [0.5, 0.6) is 0 Å². The molecule has 0 radical (unpaired) electrons. The molecule has 0 spiro atoms. The molecule has 2 atom stereocenters. The third-order valence-corrected chi connectivity index (χ3v) is 6.12. The van der Waals surface area contributed by atoms with E-state index in [0.29, 0.717) is 40.5 Å². The van der Waals surface area contributed by atoms with Gasteiger partial charge >= 0.3 is 0 Å². The average Bonchev–Trinajstić information content (AvgIpc) is 3.59. The van der Waals surface area contributed by atoms with E-state index in [1.807, 2.05) is 24.5 Å². The van der Waals surface area contributed by atoms with E-state index < -0.39 is 0 Å². The van der Waals surface area contributed by atoms with Gasteiger partial charge in [0.25, 0.3) is 5.91 Å². The number of amides is 1. The van der Waals surface area contributed by atoms with Crippen molar-refractivity contribution < 1.29 is 9.21 Å². The summed E-state index contributed by atoms with van der Waals surface area (Å²) in [6.07, 6.45) is 5.27. The van der Waals surface area contributed by atoms with Crippen molar-refractivity contribution in [3.8, 4) is 6.07 Å². The van der Waals surface area contributed by atoms with Gasteiger partial charge in [-0.3, -0.25) is 4.79 Å². The third-order valence-electron chi connectivity index (χ3n) is 5.43. The Balaban J connectivity index is 1.56. The van der Waals surface area contributed by atoms with Crippen LogP contribution >= 0.6 is 11.8 Å². The molecule has 0 aromatic carbocycles. The lowest BCUT2D eigenvalue weighted by molar-refractivity contribution is 0.0774. The largest absolute Gasteiger partial charge is 0.464 e. The number of furan rings is 1. The second-order valence-electron chi connectivity index (χ2n) is 7.65. The van der Waals surface area contributed by atoms with Gasteiger partial charge in [0, 0.05) is 24.6 Å². The SMILES string of the molecule is CSc1nc(C2CC2)cc(C(=O)N(C)Cc2ccc([C@H]3C[C@@H]3C)o2)c1C#N. The highest BCUT2D eigenvalue weighted by Gasteiger charge is 2.36. The van der Waals surface area contributed by atoms with Crippen molar-refractivity contribution in [2.75, 3.05) is 13.3 Å². The summed E-state index contributed by atoms with van der Waals surface area (Å²) < 4.78 is 5.93. The van der Waals surface area contributed by atoms with Crippen LogP contribution in [-0.2, 0) is 6.54 Å². The molecule has 6 heteroatoms. The summed E-state index contributed by atoms with van der Waals surface area (Å²) in [5, 5.41) is 10.2. The molecule has 0 unspecified atom stereocenters. The number of carbonyl (C=O) groups is 1. The second kappa shape index (κ2) is 7.05. The molecule has 2 aromatic heterocycles. The number of pyridine rings is 1. The smallest absolute Gasteiger partial charge is 0.255 e. The molecule has 4 rings (SSSR count). The van der Waals surface area contributed by atoms with E-state index in [4.69, 9.17) is 4.42 Å². The summed E-state index contributed by atoms with van der Waals surface area (Å²) in [6.45, 7) is 2.61. The van der Waals surface area contributed by atoms with Gasteiger partial charge in [0.1, 0.15) is 22.6 Å². The molecule has 2 aromatic rings.